The van der Waals surface area contributed by atoms with Crippen molar-refractivity contribution < 1.29 is 0 Å². The number of thiophene rings is 1. The fraction of sp³-hybridized carbons (Fsp3) is 0.167. The van der Waals surface area contributed by atoms with Crippen LogP contribution >= 0.6 is 34.5 Å². The van der Waals surface area contributed by atoms with Gasteiger partial charge in [-0.25, -0.2) is 10.8 Å². The van der Waals surface area contributed by atoms with Gasteiger partial charge in [-0.1, -0.05) is 23.2 Å². The number of nitrogens with two attached hydrogens (primary N) is 2. The zero-order valence-electron chi connectivity index (χ0n) is 6.55. The van der Waals surface area contributed by atoms with Gasteiger partial charge in [0.2, 0.25) is 5.96 Å². The molecule has 0 saturated heterocycles. The monoisotopic (exact) mass is 238 g/mol. The highest BCUT2D eigenvalue weighted by Crippen LogP contribution is 2.31. The summed E-state index contributed by atoms with van der Waals surface area (Å²) in [5.74, 6) is 5.18. The smallest absolute Gasteiger partial charge is 0.203 e. The quantitative estimate of drug-likeness (QED) is 0.315. The van der Waals surface area contributed by atoms with Crippen LogP contribution in [0.2, 0.25) is 8.67 Å². The van der Waals surface area contributed by atoms with Crippen LogP contribution in [0.3, 0.4) is 0 Å². The molecule has 0 spiro atoms. The lowest BCUT2D eigenvalue weighted by atomic mass is 10.3. The lowest BCUT2D eigenvalue weighted by Gasteiger charge is -1.97. The molecule has 1 rings (SSSR count). The van der Waals surface area contributed by atoms with Gasteiger partial charge in [0, 0.05) is 5.56 Å². The van der Waals surface area contributed by atoms with Crippen molar-refractivity contribution in [1.29, 1.82) is 0 Å². The maximum absolute atomic E-state index is 5.84. The van der Waals surface area contributed by atoms with Crippen molar-refractivity contribution in [3.8, 4) is 0 Å². The minimum Gasteiger partial charge on any atom is -0.369 e. The van der Waals surface area contributed by atoms with Gasteiger partial charge in [-0.3, -0.25) is 5.43 Å². The Labute approximate surface area is 89.5 Å². The number of nitrogens with zero attached hydrogens (tertiary/aromatic N) is 1. The Kier molecular flexibility index (Phi) is 3.80. The summed E-state index contributed by atoms with van der Waals surface area (Å²) in [4.78, 5) is 3.91. The summed E-state index contributed by atoms with van der Waals surface area (Å²) in [6, 6.07) is 1.75. The number of rotatable bonds is 2. The summed E-state index contributed by atoms with van der Waals surface area (Å²) >= 11 is 12.9. The molecule has 0 atom stereocenters. The second kappa shape index (κ2) is 4.66. The minimum absolute atomic E-state index is 0.165. The van der Waals surface area contributed by atoms with E-state index >= 15 is 0 Å². The van der Waals surface area contributed by atoms with Gasteiger partial charge >= 0.3 is 0 Å². The van der Waals surface area contributed by atoms with Crippen LogP contribution in [0.15, 0.2) is 11.1 Å². The third-order valence-corrected chi connectivity index (χ3v) is 2.86. The van der Waals surface area contributed by atoms with Gasteiger partial charge in [-0.15, -0.1) is 11.3 Å². The molecule has 7 heteroatoms. The van der Waals surface area contributed by atoms with Crippen molar-refractivity contribution in [1.82, 2.24) is 5.43 Å². The first kappa shape index (κ1) is 10.6. The predicted molar refractivity (Wildman–Crippen MR) is 57.0 cm³/mol. The highest BCUT2D eigenvalue weighted by atomic mass is 35.5. The SMILES string of the molecule is NNC(N)=NCc1cc(Cl)sc1Cl. The molecule has 1 aromatic rings. The fourth-order valence-corrected chi connectivity index (χ4v) is 2.17. The number of hydrazine groups is 1. The number of aliphatic imine (C=N–C) groups is 1. The van der Waals surface area contributed by atoms with Gasteiger partial charge in [0.05, 0.1) is 15.2 Å². The van der Waals surface area contributed by atoms with Crippen molar-refractivity contribution in [2.24, 2.45) is 16.6 Å². The van der Waals surface area contributed by atoms with Crippen LogP contribution in [0.1, 0.15) is 5.56 Å². The van der Waals surface area contributed by atoms with E-state index in [1.807, 2.05) is 0 Å². The lowest BCUT2D eigenvalue weighted by molar-refractivity contribution is 0.960. The standard InChI is InChI=1S/C6H8Cl2N4S/c7-4-1-3(5(8)13-4)2-11-6(9)12-10/h1H,2,10H2,(H3,9,11,12). The summed E-state index contributed by atoms with van der Waals surface area (Å²) < 4.78 is 1.26. The Balaban J connectivity index is 2.69. The van der Waals surface area contributed by atoms with Crippen molar-refractivity contribution in [2.45, 2.75) is 6.54 Å². The Morgan fingerprint density at radius 2 is 2.31 bits per heavy atom. The zero-order valence-corrected chi connectivity index (χ0v) is 8.88. The molecule has 4 nitrogen and oxygen atoms in total. The van der Waals surface area contributed by atoms with E-state index in [0.717, 1.165) is 5.56 Å². The van der Waals surface area contributed by atoms with E-state index in [1.54, 1.807) is 6.07 Å². The first-order chi connectivity index (χ1) is 6.13. The summed E-state index contributed by atoms with van der Waals surface area (Å²) in [5, 5.41) is 0. The summed E-state index contributed by atoms with van der Waals surface area (Å²) in [5.41, 5.74) is 8.38. The third kappa shape index (κ3) is 3.04. The molecule has 0 amide bonds. The first-order valence-corrected chi connectivity index (χ1v) is 4.91. The number of hydrogen-bond donors (Lipinski definition) is 3. The molecule has 0 fully saturated rings. The largest absolute Gasteiger partial charge is 0.369 e. The van der Waals surface area contributed by atoms with Crippen LogP contribution in [0.25, 0.3) is 0 Å². The normalized spacial score (nSPS) is 11.8. The molecule has 0 aliphatic rings. The number of guanidine groups is 1. The topological polar surface area (TPSA) is 76.4 Å². The highest BCUT2D eigenvalue weighted by Gasteiger charge is 2.04. The van der Waals surface area contributed by atoms with E-state index in [-0.39, 0.29) is 5.96 Å². The van der Waals surface area contributed by atoms with Gasteiger partial charge < -0.3 is 5.73 Å². The molecule has 5 N–H and O–H groups in total. The summed E-state index contributed by atoms with van der Waals surface area (Å²) in [6.45, 7) is 0.373. The van der Waals surface area contributed by atoms with Gasteiger partial charge in [0.1, 0.15) is 0 Å². The third-order valence-electron chi connectivity index (χ3n) is 1.29. The van der Waals surface area contributed by atoms with E-state index in [2.05, 4.69) is 10.4 Å². The molecule has 13 heavy (non-hydrogen) atoms. The maximum Gasteiger partial charge on any atom is 0.203 e. The number of halogens is 2. The van der Waals surface area contributed by atoms with E-state index in [4.69, 9.17) is 34.8 Å². The van der Waals surface area contributed by atoms with Crippen LogP contribution < -0.4 is 17.0 Å². The molecular formula is C6H8Cl2N4S. The molecule has 0 aliphatic carbocycles. The second-order valence-corrected chi connectivity index (χ2v) is 4.48. The van der Waals surface area contributed by atoms with Gasteiger partial charge in [-0.2, -0.15) is 0 Å². The van der Waals surface area contributed by atoms with Crippen molar-refractivity contribution >= 4 is 40.5 Å². The number of nitrogens with one attached hydrogen (secondary N) is 1. The highest BCUT2D eigenvalue weighted by molar-refractivity contribution is 7.20. The first-order valence-electron chi connectivity index (χ1n) is 3.33. The minimum atomic E-state index is 0.165. The molecule has 1 aromatic heterocycles. The van der Waals surface area contributed by atoms with E-state index in [1.165, 1.54) is 11.3 Å². The van der Waals surface area contributed by atoms with Crippen molar-refractivity contribution in [3.05, 3.63) is 20.3 Å². The summed E-state index contributed by atoms with van der Waals surface area (Å²) in [7, 11) is 0. The average Bonchev–Trinajstić information content (AvgIpc) is 2.41. The van der Waals surface area contributed by atoms with E-state index in [0.29, 0.717) is 15.2 Å². The molecule has 0 aliphatic heterocycles. The second-order valence-electron chi connectivity index (χ2n) is 2.20. The molecule has 0 aromatic carbocycles. The Hall–Kier alpha value is -0.490. The van der Waals surface area contributed by atoms with Crippen LogP contribution in [0.4, 0.5) is 0 Å². The van der Waals surface area contributed by atoms with Crippen LogP contribution in [0.5, 0.6) is 0 Å². The van der Waals surface area contributed by atoms with Gasteiger partial charge in [-0.05, 0) is 6.07 Å². The molecule has 0 unspecified atom stereocenters. The summed E-state index contributed by atoms with van der Waals surface area (Å²) in [6.07, 6.45) is 0. The predicted octanol–water partition coefficient (Wildman–Crippen LogP) is 1.33. The Morgan fingerprint density at radius 1 is 1.62 bits per heavy atom. The molecule has 0 bridgehead atoms. The molecule has 0 saturated carbocycles. The maximum atomic E-state index is 5.84. The fourth-order valence-electron chi connectivity index (χ4n) is 0.698. The van der Waals surface area contributed by atoms with E-state index < -0.39 is 0 Å². The van der Waals surface area contributed by atoms with Crippen molar-refractivity contribution in [2.75, 3.05) is 0 Å². The van der Waals surface area contributed by atoms with Crippen molar-refractivity contribution in [3.63, 3.8) is 0 Å². The van der Waals surface area contributed by atoms with Gasteiger partial charge in [0.15, 0.2) is 0 Å². The Morgan fingerprint density at radius 3 is 2.77 bits per heavy atom. The molecule has 1 heterocycles. The Bertz CT molecular complexity index is 322. The average molecular weight is 239 g/mol. The molecule has 72 valence electrons. The van der Waals surface area contributed by atoms with Crippen LogP contribution in [0, 0.1) is 0 Å². The lowest BCUT2D eigenvalue weighted by Crippen LogP contribution is -2.37. The number of hydrogen-bond acceptors (Lipinski definition) is 3. The van der Waals surface area contributed by atoms with Crippen LogP contribution in [-0.4, -0.2) is 5.96 Å². The molecule has 0 radical (unpaired) electrons. The van der Waals surface area contributed by atoms with Crippen LogP contribution in [-0.2, 0) is 6.54 Å². The van der Waals surface area contributed by atoms with Gasteiger partial charge in [0.25, 0.3) is 0 Å². The van der Waals surface area contributed by atoms with E-state index in [9.17, 15) is 0 Å². The molecular weight excluding hydrogens is 231 g/mol. The zero-order chi connectivity index (χ0) is 9.84.